The summed E-state index contributed by atoms with van der Waals surface area (Å²) in [7, 11) is 0. The molecule has 0 spiro atoms. The van der Waals surface area contributed by atoms with Crippen molar-refractivity contribution in [2.45, 2.75) is 13.2 Å². The molecule has 3 amide bonds. The maximum absolute atomic E-state index is 12.6. The Morgan fingerprint density at radius 1 is 1.00 bits per heavy atom. The third-order valence-corrected chi connectivity index (χ3v) is 5.01. The first-order chi connectivity index (χ1) is 15.7. The second kappa shape index (κ2) is 10.3. The van der Waals surface area contributed by atoms with Gasteiger partial charge in [0.15, 0.2) is 0 Å². The smallest absolute Gasteiger partial charge is 0.319 e. The molecule has 9 heteroatoms. The molecule has 3 N–H and O–H groups in total. The lowest BCUT2D eigenvalue weighted by atomic mass is 10.2. The van der Waals surface area contributed by atoms with Crippen LogP contribution in [0, 0.1) is 0 Å². The van der Waals surface area contributed by atoms with Crippen molar-refractivity contribution < 1.29 is 18.7 Å². The van der Waals surface area contributed by atoms with Crippen molar-refractivity contribution in [2.24, 2.45) is 0 Å². The second-order valence-electron chi connectivity index (χ2n) is 6.71. The van der Waals surface area contributed by atoms with E-state index < -0.39 is 0 Å². The number of rotatable bonds is 8. The molecule has 0 unspecified atom stereocenters. The van der Waals surface area contributed by atoms with Crippen molar-refractivity contribution in [1.29, 1.82) is 0 Å². The van der Waals surface area contributed by atoms with Gasteiger partial charge in [0, 0.05) is 22.3 Å². The molecule has 0 aliphatic heterocycles. The number of hydrogen-bond acceptors (Lipinski definition) is 6. The minimum absolute atomic E-state index is 0.263. The van der Waals surface area contributed by atoms with Gasteiger partial charge in [0.1, 0.15) is 18.1 Å². The predicted molar refractivity (Wildman–Crippen MR) is 122 cm³/mol. The van der Waals surface area contributed by atoms with Crippen LogP contribution < -0.4 is 20.7 Å². The molecule has 0 aliphatic rings. The molecule has 0 fully saturated rings. The summed E-state index contributed by atoms with van der Waals surface area (Å²) in [5.41, 5.74) is 4.26. The lowest BCUT2D eigenvalue weighted by Crippen LogP contribution is -2.27. The summed E-state index contributed by atoms with van der Waals surface area (Å²) in [6.07, 6.45) is 1.55. The van der Waals surface area contributed by atoms with Crippen molar-refractivity contribution in [3.8, 4) is 5.75 Å². The quantitative estimate of drug-likeness (QED) is 0.356. The normalized spacial score (nSPS) is 10.4. The van der Waals surface area contributed by atoms with Gasteiger partial charge in [-0.2, -0.15) is 0 Å². The largest absolute Gasteiger partial charge is 0.487 e. The topological polar surface area (TPSA) is 105 Å². The molecular formula is C23H20N4O4S. The fraction of sp³-hybridized carbons (Fsp3) is 0.0870. The van der Waals surface area contributed by atoms with Crippen LogP contribution in [0.25, 0.3) is 0 Å². The van der Waals surface area contributed by atoms with Crippen LogP contribution in [0.3, 0.4) is 0 Å². The van der Waals surface area contributed by atoms with Gasteiger partial charge in [-0.3, -0.25) is 4.79 Å². The first-order valence-corrected chi connectivity index (χ1v) is 10.7. The van der Waals surface area contributed by atoms with Gasteiger partial charge < -0.3 is 25.1 Å². The number of carbonyl (C=O) groups excluding carboxylic acids is 2. The summed E-state index contributed by atoms with van der Waals surface area (Å²) in [5.74, 6) is 0.988. The summed E-state index contributed by atoms with van der Waals surface area (Å²) >= 11 is 1.50. The number of nitrogens with zero attached hydrogens (tertiary/aromatic N) is 1. The van der Waals surface area contributed by atoms with E-state index in [4.69, 9.17) is 9.15 Å². The maximum Gasteiger partial charge on any atom is 0.319 e. The van der Waals surface area contributed by atoms with E-state index in [0.717, 1.165) is 5.69 Å². The number of amides is 3. The molecular weight excluding hydrogens is 428 g/mol. The summed E-state index contributed by atoms with van der Waals surface area (Å²) in [4.78, 5) is 28.7. The Hall–Kier alpha value is -4.11. The first kappa shape index (κ1) is 21.1. The minimum Gasteiger partial charge on any atom is -0.487 e. The van der Waals surface area contributed by atoms with Crippen LogP contribution in [-0.2, 0) is 13.2 Å². The first-order valence-electron chi connectivity index (χ1n) is 9.74. The number of furan rings is 1. The molecule has 162 valence electrons. The van der Waals surface area contributed by atoms with Crippen LogP contribution in [0.15, 0.2) is 82.2 Å². The highest BCUT2D eigenvalue weighted by molar-refractivity contribution is 7.07. The van der Waals surface area contributed by atoms with E-state index in [2.05, 4.69) is 20.9 Å². The Kier molecular flexibility index (Phi) is 6.78. The highest BCUT2D eigenvalue weighted by Gasteiger charge is 2.09. The van der Waals surface area contributed by atoms with E-state index in [1.807, 2.05) is 5.38 Å². The van der Waals surface area contributed by atoms with E-state index in [1.165, 1.54) is 11.3 Å². The van der Waals surface area contributed by atoms with Crippen molar-refractivity contribution in [2.75, 3.05) is 10.6 Å². The van der Waals surface area contributed by atoms with Crippen LogP contribution in [-0.4, -0.2) is 16.9 Å². The van der Waals surface area contributed by atoms with Gasteiger partial charge in [0.2, 0.25) is 0 Å². The highest BCUT2D eigenvalue weighted by Crippen LogP contribution is 2.18. The van der Waals surface area contributed by atoms with Gasteiger partial charge in [-0.15, -0.1) is 11.3 Å². The molecule has 0 aliphatic carbocycles. The van der Waals surface area contributed by atoms with Gasteiger partial charge in [0.25, 0.3) is 5.91 Å². The zero-order valence-electron chi connectivity index (χ0n) is 16.9. The number of hydrogen-bond donors (Lipinski definition) is 3. The number of ether oxygens (including phenoxy) is 1. The molecule has 0 saturated carbocycles. The third kappa shape index (κ3) is 5.96. The van der Waals surface area contributed by atoms with Gasteiger partial charge >= 0.3 is 6.03 Å². The number of carbonyl (C=O) groups is 2. The summed E-state index contributed by atoms with van der Waals surface area (Å²) in [6, 6.07) is 17.0. The van der Waals surface area contributed by atoms with Gasteiger partial charge in [0.05, 0.1) is 24.0 Å². The molecule has 4 aromatic rings. The second-order valence-corrected chi connectivity index (χ2v) is 7.43. The molecule has 2 heterocycles. The monoisotopic (exact) mass is 448 g/mol. The van der Waals surface area contributed by atoms with Crippen LogP contribution >= 0.6 is 11.3 Å². The Morgan fingerprint density at radius 3 is 2.53 bits per heavy atom. The van der Waals surface area contributed by atoms with Crippen LogP contribution in [0.1, 0.15) is 21.8 Å². The van der Waals surface area contributed by atoms with Gasteiger partial charge in [-0.05, 0) is 54.6 Å². The van der Waals surface area contributed by atoms with E-state index >= 15 is 0 Å². The fourth-order valence-electron chi connectivity index (χ4n) is 2.79. The highest BCUT2D eigenvalue weighted by atomic mass is 32.1. The molecule has 4 rings (SSSR count). The van der Waals surface area contributed by atoms with E-state index in [0.29, 0.717) is 41.6 Å². The molecule has 0 atom stereocenters. The van der Waals surface area contributed by atoms with Crippen LogP contribution in [0.2, 0.25) is 0 Å². The number of nitrogens with one attached hydrogen (secondary N) is 3. The van der Waals surface area contributed by atoms with Crippen molar-refractivity contribution >= 4 is 34.6 Å². The zero-order valence-corrected chi connectivity index (χ0v) is 17.7. The molecule has 8 nitrogen and oxygen atoms in total. The molecule has 0 bridgehead atoms. The predicted octanol–water partition coefficient (Wildman–Crippen LogP) is 4.89. The lowest BCUT2D eigenvalue weighted by Gasteiger charge is -2.10. The molecule has 0 saturated heterocycles. The summed E-state index contributed by atoms with van der Waals surface area (Å²) < 4.78 is 10.9. The third-order valence-electron chi connectivity index (χ3n) is 4.37. The zero-order chi connectivity index (χ0) is 22.2. The maximum atomic E-state index is 12.6. The van der Waals surface area contributed by atoms with E-state index in [9.17, 15) is 9.59 Å². The van der Waals surface area contributed by atoms with E-state index in [1.54, 1.807) is 72.4 Å². The molecule has 32 heavy (non-hydrogen) atoms. The Bertz CT molecular complexity index is 1160. The Morgan fingerprint density at radius 2 is 1.81 bits per heavy atom. The average molecular weight is 449 g/mol. The summed E-state index contributed by atoms with van der Waals surface area (Å²) in [6.45, 7) is 0.637. The average Bonchev–Trinajstić information content (AvgIpc) is 3.52. The number of aromatic nitrogens is 1. The number of thiazole rings is 1. The lowest BCUT2D eigenvalue weighted by molar-refractivity contribution is 0.102. The van der Waals surface area contributed by atoms with Crippen LogP contribution in [0.4, 0.5) is 16.2 Å². The van der Waals surface area contributed by atoms with E-state index in [-0.39, 0.29) is 11.9 Å². The van der Waals surface area contributed by atoms with Crippen LogP contribution in [0.5, 0.6) is 5.75 Å². The SMILES string of the molecule is O=C(NCc1ccco1)Nc1ccc(NC(=O)c2cccc(OCc3cscn3)c2)cc1. The van der Waals surface area contributed by atoms with Gasteiger partial charge in [-0.25, -0.2) is 9.78 Å². The fourth-order valence-corrected chi connectivity index (χ4v) is 3.33. The number of anilines is 2. The number of benzene rings is 2. The Balaban J connectivity index is 1.28. The van der Waals surface area contributed by atoms with Crippen molar-refractivity contribution in [1.82, 2.24) is 10.3 Å². The number of urea groups is 1. The van der Waals surface area contributed by atoms with Crippen molar-refractivity contribution in [3.05, 3.63) is 94.8 Å². The Labute approximate surface area is 188 Å². The summed E-state index contributed by atoms with van der Waals surface area (Å²) in [5, 5.41) is 10.2. The minimum atomic E-state index is -0.354. The van der Waals surface area contributed by atoms with Gasteiger partial charge in [-0.1, -0.05) is 6.07 Å². The molecule has 2 aromatic carbocycles. The molecule has 2 aromatic heterocycles. The molecule has 0 radical (unpaired) electrons. The standard InChI is InChI=1S/C23H20N4O4S/c28-22(16-3-1-4-20(11-16)31-13-19-14-32-15-25-19)26-17-6-8-18(9-7-17)27-23(29)24-12-21-5-2-10-30-21/h1-11,14-15H,12-13H2,(H,26,28)(H2,24,27,29). The van der Waals surface area contributed by atoms with Crippen molar-refractivity contribution in [3.63, 3.8) is 0 Å².